The van der Waals surface area contributed by atoms with Crippen LogP contribution in [0.5, 0.6) is 0 Å². The van der Waals surface area contributed by atoms with Crippen molar-refractivity contribution in [1.29, 1.82) is 0 Å². The van der Waals surface area contributed by atoms with Crippen LogP contribution >= 0.6 is 0 Å². The van der Waals surface area contributed by atoms with Crippen molar-refractivity contribution in [1.82, 2.24) is 0 Å². The van der Waals surface area contributed by atoms with Gasteiger partial charge in [-0.1, -0.05) is 184 Å². The lowest BCUT2D eigenvalue weighted by atomic mass is 10.1. The fourth-order valence-electron chi connectivity index (χ4n) is 6.15. The van der Waals surface area contributed by atoms with Gasteiger partial charge in [0.25, 0.3) is 0 Å². The molecule has 0 spiro atoms. The Labute approximate surface area is 351 Å². The highest BCUT2D eigenvalue weighted by molar-refractivity contribution is 5.71. The standard InChI is InChI=1S/C51H86O6/c1-4-7-10-13-16-19-22-23-24-25-26-27-28-29-30-33-35-38-41-44-50(53)56-47-48(57-51(54)45-42-39-36-32-21-18-15-12-9-6-3)46-55-49(52)43-40-37-34-31-20-17-14-11-8-5-2/h7,10,15-16,18-19,23-24,26-27,29-30,48H,4-6,8-9,11-14,17,20-22,25,28,31-47H2,1-3H3/b10-7-,18-15-,19-16-,24-23-,27-26-,30-29-. The van der Waals surface area contributed by atoms with Crippen molar-refractivity contribution in [2.75, 3.05) is 13.2 Å². The molecule has 0 rings (SSSR count). The SMILES string of the molecule is CC/C=C\C/C=C\C/C=C\C/C=C\C/C=C\CCCCCC(=O)OCC(COC(=O)CCCCCCCCCCCC)OC(=O)CCCCCC/C=C\CCCC. The molecular formula is C51H86O6. The maximum absolute atomic E-state index is 12.7. The first-order chi connectivity index (χ1) is 28.0. The molecule has 6 heteroatoms. The first-order valence-corrected chi connectivity index (χ1v) is 23.4. The first-order valence-electron chi connectivity index (χ1n) is 23.4. The maximum Gasteiger partial charge on any atom is 0.306 e. The molecule has 0 aromatic rings. The van der Waals surface area contributed by atoms with E-state index < -0.39 is 6.10 Å². The summed E-state index contributed by atoms with van der Waals surface area (Å²) in [5, 5.41) is 0. The molecule has 0 radical (unpaired) electrons. The molecule has 0 aliphatic heterocycles. The van der Waals surface area contributed by atoms with E-state index in [9.17, 15) is 14.4 Å². The third-order valence-electron chi connectivity index (χ3n) is 9.70. The van der Waals surface area contributed by atoms with Gasteiger partial charge in [0, 0.05) is 19.3 Å². The highest BCUT2D eigenvalue weighted by Gasteiger charge is 2.19. The van der Waals surface area contributed by atoms with Crippen LogP contribution in [0.1, 0.15) is 213 Å². The van der Waals surface area contributed by atoms with Crippen molar-refractivity contribution in [3.63, 3.8) is 0 Å². The lowest BCUT2D eigenvalue weighted by Crippen LogP contribution is -2.30. The van der Waals surface area contributed by atoms with Crippen molar-refractivity contribution >= 4 is 17.9 Å². The predicted molar refractivity (Wildman–Crippen MR) is 242 cm³/mol. The minimum Gasteiger partial charge on any atom is -0.462 e. The molecule has 0 N–H and O–H groups in total. The molecule has 0 aromatic heterocycles. The summed E-state index contributed by atoms with van der Waals surface area (Å²) >= 11 is 0. The van der Waals surface area contributed by atoms with Crippen LogP contribution in [-0.2, 0) is 28.6 Å². The lowest BCUT2D eigenvalue weighted by Gasteiger charge is -2.18. The van der Waals surface area contributed by atoms with Crippen molar-refractivity contribution in [2.24, 2.45) is 0 Å². The molecule has 0 aliphatic carbocycles. The Morgan fingerprint density at radius 1 is 0.368 bits per heavy atom. The van der Waals surface area contributed by atoms with Crippen LogP contribution in [0.15, 0.2) is 72.9 Å². The monoisotopic (exact) mass is 795 g/mol. The fourth-order valence-corrected chi connectivity index (χ4v) is 6.15. The summed E-state index contributed by atoms with van der Waals surface area (Å²) in [6.07, 6.45) is 56.0. The van der Waals surface area contributed by atoms with Crippen LogP contribution in [0, 0.1) is 0 Å². The number of unbranched alkanes of at least 4 members (excludes halogenated alkanes) is 18. The molecule has 0 saturated heterocycles. The fraction of sp³-hybridized carbons (Fsp3) is 0.706. The number of rotatable bonds is 41. The van der Waals surface area contributed by atoms with Gasteiger partial charge in [0.2, 0.25) is 0 Å². The van der Waals surface area contributed by atoms with E-state index in [1.165, 1.54) is 57.8 Å². The minimum atomic E-state index is -0.790. The number of esters is 3. The predicted octanol–water partition coefficient (Wildman–Crippen LogP) is 15.1. The maximum atomic E-state index is 12.7. The number of hydrogen-bond acceptors (Lipinski definition) is 6. The Morgan fingerprint density at radius 2 is 0.702 bits per heavy atom. The van der Waals surface area contributed by atoms with Crippen LogP contribution in [0.2, 0.25) is 0 Å². The Balaban J connectivity index is 4.39. The summed E-state index contributed by atoms with van der Waals surface area (Å²) in [5.74, 6) is -0.944. The van der Waals surface area contributed by atoms with Crippen molar-refractivity contribution < 1.29 is 28.6 Å². The average molecular weight is 795 g/mol. The third-order valence-corrected chi connectivity index (χ3v) is 9.70. The molecule has 0 heterocycles. The van der Waals surface area contributed by atoms with Gasteiger partial charge in [0.05, 0.1) is 0 Å². The van der Waals surface area contributed by atoms with Crippen molar-refractivity contribution in [3.8, 4) is 0 Å². The smallest absolute Gasteiger partial charge is 0.306 e. The van der Waals surface area contributed by atoms with Gasteiger partial charge >= 0.3 is 17.9 Å². The Hall–Kier alpha value is -3.15. The molecule has 1 unspecified atom stereocenters. The molecule has 57 heavy (non-hydrogen) atoms. The lowest BCUT2D eigenvalue weighted by molar-refractivity contribution is -0.167. The number of carbonyl (C=O) groups excluding carboxylic acids is 3. The molecule has 0 fully saturated rings. The van der Waals surface area contributed by atoms with E-state index >= 15 is 0 Å². The molecule has 326 valence electrons. The second-order valence-electron chi connectivity index (χ2n) is 15.3. The van der Waals surface area contributed by atoms with E-state index in [2.05, 4.69) is 93.7 Å². The quantitative estimate of drug-likeness (QED) is 0.0265. The minimum absolute atomic E-state index is 0.0901. The van der Waals surface area contributed by atoms with Crippen LogP contribution < -0.4 is 0 Å². The van der Waals surface area contributed by atoms with E-state index in [1.54, 1.807) is 0 Å². The molecule has 1 atom stereocenters. The average Bonchev–Trinajstić information content (AvgIpc) is 3.21. The molecule has 0 aliphatic rings. The van der Waals surface area contributed by atoms with E-state index in [0.717, 1.165) is 116 Å². The van der Waals surface area contributed by atoms with E-state index in [-0.39, 0.29) is 31.1 Å². The Morgan fingerprint density at radius 3 is 1.16 bits per heavy atom. The third kappa shape index (κ3) is 43.8. The zero-order valence-electron chi connectivity index (χ0n) is 37.1. The molecular weight excluding hydrogens is 709 g/mol. The van der Waals surface area contributed by atoms with Gasteiger partial charge in [-0.15, -0.1) is 0 Å². The highest BCUT2D eigenvalue weighted by Crippen LogP contribution is 2.13. The largest absolute Gasteiger partial charge is 0.462 e. The summed E-state index contributed by atoms with van der Waals surface area (Å²) in [4.78, 5) is 37.7. The van der Waals surface area contributed by atoms with Gasteiger partial charge in [-0.05, 0) is 83.5 Å². The topological polar surface area (TPSA) is 78.9 Å². The summed E-state index contributed by atoms with van der Waals surface area (Å²) < 4.78 is 16.7. The van der Waals surface area contributed by atoms with Crippen LogP contribution in [0.4, 0.5) is 0 Å². The van der Waals surface area contributed by atoms with E-state index in [1.807, 2.05) is 0 Å². The van der Waals surface area contributed by atoms with Gasteiger partial charge in [-0.2, -0.15) is 0 Å². The number of hydrogen-bond donors (Lipinski definition) is 0. The van der Waals surface area contributed by atoms with Crippen molar-refractivity contribution in [2.45, 2.75) is 219 Å². The second kappa shape index (κ2) is 45.6. The second-order valence-corrected chi connectivity index (χ2v) is 15.3. The zero-order chi connectivity index (χ0) is 41.5. The summed E-state index contributed by atoms with van der Waals surface area (Å²) in [7, 11) is 0. The van der Waals surface area contributed by atoms with Crippen LogP contribution in [0.3, 0.4) is 0 Å². The molecule has 0 saturated carbocycles. The molecule has 0 bridgehead atoms. The first kappa shape index (κ1) is 53.9. The van der Waals surface area contributed by atoms with Gasteiger partial charge in [-0.25, -0.2) is 0 Å². The van der Waals surface area contributed by atoms with Crippen LogP contribution in [-0.4, -0.2) is 37.2 Å². The summed E-state index contributed by atoms with van der Waals surface area (Å²) in [6.45, 7) is 6.41. The molecule has 6 nitrogen and oxygen atoms in total. The molecule has 0 amide bonds. The zero-order valence-corrected chi connectivity index (χ0v) is 37.1. The van der Waals surface area contributed by atoms with Gasteiger partial charge < -0.3 is 14.2 Å². The van der Waals surface area contributed by atoms with Crippen LogP contribution in [0.25, 0.3) is 0 Å². The van der Waals surface area contributed by atoms with E-state index in [0.29, 0.717) is 19.3 Å². The van der Waals surface area contributed by atoms with E-state index in [4.69, 9.17) is 14.2 Å². The normalized spacial score (nSPS) is 12.7. The number of carbonyl (C=O) groups is 3. The Kier molecular flexibility index (Phi) is 43.0. The highest BCUT2D eigenvalue weighted by atomic mass is 16.6. The van der Waals surface area contributed by atoms with Gasteiger partial charge in [0.1, 0.15) is 13.2 Å². The Bertz CT molecular complexity index is 1100. The molecule has 0 aromatic carbocycles. The van der Waals surface area contributed by atoms with Gasteiger partial charge in [-0.3, -0.25) is 14.4 Å². The van der Waals surface area contributed by atoms with Crippen molar-refractivity contribution in [3.05, 3.63) is 72.9 Å². The van der Waals surface area contributed by atoms with Gasteiger partial charge in [0.15, 0.2) is 6.10 Å². The number of allylic oxidation sites excluding steroid dienone is 12. The summed E-state index contributed by atoms with van der Waals surface area (Å²) in [6, 6.07) is 0. The summed E-state index contributed by atoms with van der Waals surface area (Å²) in [5.41, 5.74) is 0. The number of ether oxygens (including phenoxy) is 3.